The molecular formula is C21H27ClN6O. The summed E-state index contributed by atoms with van der Waals surface area (Å²) >= 11 is 6.48. The molecule has 0 saturated heterocycles. The second-order valence-corrected chi connectivity index (χ2v) is 7.71. The molecule has 3 aromatic rings. The fourth-order valence-electron chi connectivity index (χ4n) is 3.47. The van der Waals surface area contributed by atoms with Crippen LogP contribution in [0.15, 0.2) is 48.8 Å². The molecule has 0 N–H and O–H groups in total. The molecule has 1 aromatic carbocycles. The van der Waals surface area contributed by atoms with Crippen molar-refractivity contribution in [3.8, 4) is 0 Å². The Hall–Kier alpha value is -2.35. The van der Waals surface area contributed by atoms with Crippen LogP contribution in [-0.2, 0) is 24.4 Å². The highest BCUT2D eigenvalue weighted by molar-refractivity contribution is 6.31. The quantitative estimate of drug-likeness (QED) is 0.503. The minimum atomic E-state index is -0.00154. The predicted octanol–water partition coefficient (Wildman–Crippen LogP) is 3.77. The summed E-state index contributed by atoms with van der Waals surface area (Å²) in [6.45, 7) is 6.91. The van der Waals surface area contributed by atoms with Crippen molar-refractivity contribution < 1.29 is 4.74 Å². The summed E-state index contributed by atoms with van der Waals surface area (Å²) in [4.78, 5) is 6.63. The molecule has 3 rings (SSSR count). The molecule has 29 heavy (non-hydrogen) atoms. The predicted molar refractivity (Wildman–Crippen MR) is 112 cm³/mol. The highest BCUT2D eigenvalue weighted by Gasteiger charge is 2.29. The van der Waals surface area contributed by atoms with Gasteiger partial charge in [-0.05, 0) is 39.6 Å². The first kappa shape index (κ1) is 21.4. The number of aromatic nitrogens is 5. The molecule has 2 aromatic heterocycles. The lowest BCUT2D eigenvalue weighted by atomic mass is 9.99. The van der Waals surface area contributed by atoms with Crippen molar-refractivity contribution >= 4 is 11.6 Å². The first-order valence-corrected chi connectivity index (χ1v) is 10.1. The largest absolute Gasteiger partial charge is 0.383 e. The molecular weight excluding hydrogens is 388 g/mol. The molecule has 0 aliphatic heterocycles. The number of methoxy groups -OCH3 is 1. The van der Waals surface area contributed by atoms with E-state index in [0.29, 0.717) is 26.2 Å². The van der Waals surface area contributed by atoms with Crippen LogP contribution < -0.4 is 0 Å². The van der Waals surface area contributed by atoms with Crippen molar-refractivity contribution in [1.82, 2.24) is 30.1 Å². The van der Waals surface area contributed by atoms with Gasteiger partial charge in [-0.3, -0.25) is 9.88 Å². The molecule has 0 unspecified atom stereocenters. The van der Waals surface area contributed by atoms with E-state index >= 15 is 0 Å². The van der Waals surface area contributed by atoms with Gasteiger partial charge in [0.2, 0.25) is 0 Å². The molecule has 1 atom stereocenters. The van der Waals surface area contributed by atoms with Crippen molar-refractivity contribution in [2.75, 3.05) is 13.7 Å². The average Bonchev–Trinajstić information content (AvgIpc) is 3.16. The molecule has 2 heterocycles. The fourth-order valence-corrected chi connectivity index (χ4v) is 3.66. The van der Waals surface area contributed by atoms with Crippen LogP contribution >= 0.6 is 11.6 Å². The van der Waals surface area contributed by atoms with Gasteiger partial charge in [-0.2, -0.15) is 0 Å². The number of benzene rings is 1. The third kappa shape index (κ3) is 5.59. The van der Waals surface area contributed by atoms with Gasteiger partial charge in [0.15, 0.2) is 5.82 Å². The Balaban J connectivity index is 1.97. The fraction of sp³-hybridized carbons (Fsp3) is 0.429. The highest BCUT2D eigenvalue weighted by atomic mass is 35.5. The number of tetrazole rings is 1. The molecule has 0 aliphatic rings. The summed E-state index contributed by atoms with van der Waals surface area (Å²) in [6, 6.07) is 12.0. The third-order valence-electron chi connectivity index (χ3n) is 4.80. The van der Waals surface area contributed by atoms with Gasteiger partial charge in [0, 0.05) is 37.6 Å². The summed E-state index contributed by atoms with van der Waals surface area (Å²) in [6.07, 6.45) is 3.68. The Morgan fingerprint density at radius 2 is 1.97 bits per heavy atom. The van der Waals surface area contributed by atoms with Crippen LogP contribution in [0.25, 0.3) is 0 Å². The molecule has 7 nitrogen and oxygen atoms in total. The Bertz CT molecular complexity index is 886. The van der Waals surface area contributed by atoms with E-state index in [0.717, 1.165) is 22.0 Å². The zero-order valence-corrected chi connectivity index (χ0v) is 17.8. The standard InChI is InChI=1S/C21H27ClN6O/c1-16(2)20(21-24-25-26-28(21)11-12-29-3)27(14-17-7-6-10-23-13-17)15-18-8-4-5-9-19(18)22/h4-10,13,16,20H,11-12,14-15H2,1-3H3/t20-/m1/s1. The molecule has 0 fully saturated rings. The first-order valence-electron chi connectivity index (χ1n) is 9.71. The number of nitrogens with zero attached hydrogens (tertiary/aromatic N) is 6. The molecule has 0 amide bonds. The van der Waals surface area contributed by atoms with Gasteiger partial charge in [-0.25, -0.2) is 4.68 Å². The van der Waals surface area contributed by atoms with Crippen LogP contribution in [0.2, 0.25) is 5.02 Å². The summed E-state index contributed by atoms with van der Waals surface area (Å²) in [5.74, 6) is 1.11. The van der Waals surface area contributed by atoms with Crippen LogP contribution in [0.4, 0.5) is 0 Å². The zero-order valence-electron chi connectivity index (χ0n) is 17.1. The first-order chi connectivity index (χ1) is 14.1. The summed E-state index contributed by atoms with van der Waals surface area (Å²) in [7, 11) is 1.68. The van der Waals surface area contributed by atoms with Crippen molar-refractivity contribution in [3.63, 3.8) is 0 Å². The van der Waals surface area contributed by atoms with Gasteiger partial charge in [0.25, 0.3) is 0 Å². The van der Waals surface area contributed by atoms with E-state index in [-0.39, 0.29) is 12.0 Å². The molecule has 8 heteroatoms. The highest BCUT2D eigenvalue weighted by Crippen LogP contribution is 2.31. The topological polar surface area (TPSA) is 69.0 Å². The maximum absolute atomic E-state index is 6.48. The average molecular weight is 415 g/mol. The minimum Gasteiger partial charge on any atom is -0.383 e. The van der Waals surface area contributed by atoms with Crippen LogP contribution in [0.5, 0.6) is 0 Å². The SMILES string of the molecule is COCCn1nnnc1[C@@H](C(C)C)N(Cc1cccnc1)Cc1ccccc1Cl. The molecule has 0 aliphatic carbocycles. The van der Waals surface area contributed by atoms with Gasteiger partial charge in [0.1, 0.15) is 0 Å². The summed E-state index contributed by atoms with van der Waals surface area (Å²) < 4.78 is 7.05. The van der Waals surface area contributed by atoms with Gasteiger partial charge < -0.3 is 4.74 Å². The molecule has 0 bridgehead atoms. The number of ether oxygens (including phenoxy) is 1. The van der Waals surface area contributed by atoms with Gasteiger partial charge in [-0.15, -0.1) is 5.10 Å². The van der Waals surface area contributed by atoms with E-state index in [1.54, 1.807) is 13.3 Å². The second kappa shape index (κ2) is 10.4. The number of halogens is 1. The molecule has 154 valence electrons. The number of hydrogen-bond acceptors (Lipinski definition) is 6. The lowest BCUT2D eigenvalue weighted by Gasteiger charge is -2.34. The van der Waals surface area contributed by atoms with E-state index in [1.807, 2.05) is 35.1 Å². The summed E-state index contributed by atoms with van der Waals surface area (Å²) in [5, 5.41) is 13.2. The third-order valence-corrected chi connectivity index (χ3v) is 5.16. The number of hydrogen-bond donors (Lipinski definition) is 0. The lowest BCUT2D eigenvalue weighted by molar-refractivity contribution is 0.121. The van der Waals surface area contributed by atoms with Crippen LogP contribution in [-0.4, -0.2) is 43.8 Å². The van der Waals surface area contributed by atoms with E-state index in [9.17, 15) is 0 Å². The molecule has 0 saturated carbocycles. The maximum Gasteiger partial charge on any atom is 0.168 e. The second-order valence-electron chi connectivity index (χ2n) is 7.30. The van der Waals surface area contributed by atoms with Crippen molar-refractivity contribution in [2.45, 2.75) is 39.5 Å². The van der Waals surface area contributed by atoms with E-state index < -0.39 is 0 Å². The van der Waals surface area contributed by atoms with E-state index in [1.165, 1.54) is 0 Å². The van der Waals surface area contributed by atoms with Crippen molar-refractivity contribution in [2.24, 2.45) is 5.92 Å². The Kier molecular flexibility index (Phi) is 7.69. The number of rotatable bonds is 10. The molecule has 0 spiro atoms. The summed E-state index contributed by atoms with van der Waals surface area (Å²) in [5.41, 5.74) is 2.20. The Morgan fingerprint density at radius 3 is 2.66 bits per heavy atom. The van der Waals surface area contributed by atoms with Crippen LogP contribution in [0.3, 0.4) is 0 Å². The van der Waals surface area contributed by atoms with Crippen molar-refractivity contribution in [3.05, 3.63) is 70.8 Å². The van der Waals surface area contributed by atoms with Crippen LogP contribution in [0, 0.1) is 5.92 Å². The minimum absolute atomic E-state index is 0.00154. The smallest absolute Gasteiger partial charge is 0.168 e. The van der Waals surface area contributed by atoms with Gasteiger partial charge in [-0.1, -0.05) is 49.7 Å². The maximum atomic E-state index is 6.48. The van der Waals surface area contributed by atoms with Crippen molar-refractivity contribution in [1.29, 1.82) is 0 Å². The monoisotopic (exact) mass is 414 g/mol. The van der Waals surface area contributed by atoms with Gasteiger partial charge in [0.05, 0.1) is 19.2 Å². The molecule has 0 radical (unpaired) electrons. The lowest BCUT2D eigenvalue weighted by Crippen LogP contribution is -2.34. The zero-order chi connectivity index (χ0) is 20.6. The Labute approximate surface area is 176 Å². The normalized spacial score (nSPS) is 12.6. The Morgan fingerprint density at radius 1 is 1.14 bits per heavy atom. The van der Waals surface area contributed by atoms with E-state index in [2.05, 4.69) is 51.4 Å². The van der Waals surface area contributed by atoms with Gasteiger partial charge >= 0.3 is 0 Å². The van der Waals surface area contributed by atoms with Crippen LogP contribution in [0.1, 0.15) is 36.8 Å². The number of pyridine rings is 1. The van der Waals surface area contributed by atoms with E-state index in [4.69, 9.17) is 16.3 Å².